The molecule has 18 heavy (non-hydrogen) atoms. The fraction of sp³-hybridized carbons (Fsp3) is 0.727. The van der Waals surface area contributed by atoms with E-state index in [1.54, 1.807) is 0 Å². The summed E-state index contributed by atoms with van der Waals surface area (Å²) in [6.45, 7) is 3.01. The Morgan fingerprint density at radius 1 is 1.22 bits per heavy atom. The van der Waals surface area contributed by atoms with Gasteiger partial charge in [0, 0.05) is 26.2 Å². The van der Waals surface area contributed by atoms with E-state index in [2.05, 4.69) is 24.8 Å². The van der Waals surface area contributed by atoms with E-state index in [9.17, 15) is 0 Å². The van der Waals surface area contributed by atoms with Gasteiger partial charge in [0.05, 0.1) is 13.2 Å². The van der Waals surface area contributed by atoms with Crippen molar-refractivity contribution in [3.05, 3.63) is 5.28 Å². The first-order valence-corrected chi connectivity index (χ1v) is 6.59. The van der Waals surface area contributed by atoms with E-state index < -0.39 is 0 Å². The van der Waals surface area contributed by atoms with Crippen molar-refractivity contribution < 1.29 is 4.74 Å². The van der Waals surface area contributed by atoms with Crippen molar-refractivity contribution in [2.75, 3.05) is 43.2 Å². The van der Waals surface area contributed by atoms with E-state index in [1.807, 2.05) is 7.05 Å². The van der Waals surface area contributed by atoms with E-state index in [0.717, 1.165) is 13.1 Å². The van der Waals surface area contributed by atoms with Crippen LogP contribution in [0.25, 0.3) is 0 Å². The zero-order valence-electron chi connectivity index (χ0n) is 10.3. The second-order valence-electron chi connectivity index (χ2n) is 4.65. The molecule has 1 aliphatic heterocycles. The molecule has 2 aliphatic rings. The maximum atomic E-state index is 5.99. The molecule has 7 heteroatoms. The number of nitrogens with zero attached hydrogens (tertiary/aromatic N) is 5. The Labute approximate surface area is 111 Å². The monoisotopic (exact) mass is 269 g/mol. The molecule has 1 saturated carbocycles. The Kier molecular flexibility index (Phi) is 3.22. The van der Waals surface area contributed by atoms with Crippen LogP contribution in [-0.2, 0) is 4.74 Å². The van der Waals surface area contributed by atoms with Crippen molar-refractivity contribution in [2.45, 2.75) is 18.9 Å². The first kappa shape index (κ1) is 11.9. The summed E-state index contributed by atoms with van der Waals surface area (Å²) in [5.74, 6) is 1.32. The van der Waals surface area contributed by atoms with Gasteiger partial charge in [0.2, 0.25) is 17.2 Å². The van der Waals surface area contributed by atoms with E-state index in [1.165, 1.54) is 12.8 Å². The summed E-state index contributed by atoms with van der Waals surface area (Å²) in [5.41, 5.74) is 0. The molecule has 6 nitrogen and oxygen atoms in total. The van der Waals surface area contributed by atoms with Crippen LogP contribution in [0.2, 0.25) is 5.28 Å². The summed E-state index contributed by atoms with van der Waals surface area (Å²) in [6.07, 6.45) is 2.40. The SMILES string of the molecule is CN(c1nc(Cl)nc(N2CCOCC2)n1)C1CC1. The lowest BCUT2D eigenvalue weighted by Crippen LogP contribution is -2.38. The second-order valence-corrected chi connectivity index (χ2v) is 4.98. The van der Waals surface area contributed by atoms with Gasteiger partial charge in [-0.15, -0.1) is 0 Å². The number of morpholine rings is 1. The standard InChI is InChI=1S/C11H16ClN5O/c1-16(8-2-3-8)10-13-9(12)14-11(15-10)17-4-6-18-7-5-17/h8H,2-7H2,1H3. The fourth-order valence-electron chi connectivity index (χ4n) is 2.02. The molecule has 2 heterocycles. The van der Waals surface area contributed by atoms with Gasteiger partial charge < -0.3 is 14.5 Å². The highest BCUT2D eigenvalue weighted by Gasteiger charge is 2.29. The summed E-state index contributed by atoms with van der Waals surface area (Å²) in [6, 6.07) is 0.556. The molecule has 0 aromatic carbocycles. The summed E-state index contributed by atoms with van der Waals surface area (Å²) >= 11 is 5.99. The molecule has 3 rings (SSSR count). The maximum absolute atomic E-state index is 5.99. The maximum Gasteiger partial charge on any atom is 0.231 e. The zero-order valence-corrected chi connectivity index (χ0v) is 11.1. The number of hydrogen-bond acceptors (Lipinski definition) is 6. The molecule has 98 valence electrons. The third-order valence-electron chi connectivity index (χ3n) is 3.29. The zero-order chi connectivity index (χ0) is 12.5. The highest BCUT2D eigenvalue weighted by Crippen LogP contribution is 2.29. The molecule has 0 amide bonds. The molecular formula is C11H16ClN5O. The number of hydrogen-bond donors (Lipinski definition) is 0. The van der Waals surface area contributed by atoms with Gasteiger partial charge in [-0.1, -0.05) is 0 Å². The van der Waals surface area contributed by atoms with E-state index in [-0.39, 0.29) is 5.28 Å². The predicted molar refractivity (Wildman–Crippen MR) is 69.3 cm³/mol. The molecule has 1 aromatic heterocycles. The van der Waals surface area contributed by atoms with Gasteiger partial charge in [0.1, 0.15) is 0 Å². The minimum Gasteiger partial charge on any atom is -0.378 e. The molecule has 0 spiro atoms. The number of aromatic nitrogens is 3. The fourth-order valence-corrected chi connectivity index (χ4v) is 2.17. The highest BCUT2D eigenvalue weighted by atomic mass is 35.5. The van der Waals surface area contributed by atoms with Crippen LogP contribution >= 0.6 is 11.6 Å². The molecule has 1 saturated heterocycles. The number of anilines is 2. The first-order valence-electron chi connectivity index (χ1n) is 6.21. The lowest BCUT2D eigenvalue weighted by atomic mass is 10.4. The van der Waals surface area contributed by atoms with Crippen LogP contribution in [0.3, 0.4) is 0 Å². The van der Waals surface area contributed by atoms with Crippen molar-refractivity contribution in [3.8, 4) is 0 Å². The van der Waals surface area contributed by atoms with Crippen molar-refractivity contribution in [2.24, 2.45) is 0 Å². The van der Waals surface area contributed by atoms with E-state index >= 15 is 0 Å². The molecule has 2 fully saturated rings. The number of halogens is 1. The van der Waals surface area contributed by atoms with Gasteiger partial charge in [0.15, 0.2) is 0 Å². The average Bonchev–Trinajstić information content (AvgIpc) is 3.22. The van der Waals surface area contributed by atoms with Gasteiger partial charge in [-0.2, -0.15) is 15.0 Å². The summed E-state index contributed by atoms with van der Waals surface area (Å²) in [7, 11) is 2.01. The molecule has 0 radical (unpaired) electrons. The highest BCUT2D eigenvalue weighted by molar-refractivity contribution is 6.28. The Morgan fingerprint density at radius 3 is 2.61 bits per heavy atom. The summed E-state index contributed by atoms with van der Waals surface area (Å²) < 4.78 is 5.32. The molecular weight excluding hydrogens is 254 g/mol. The van der Waals surface area contributed by atoms with Gasteiger partial charge in [-0.25, -0.2) is 0 Å². The number of ether oxygens (including phenoxy) is 1. The van der Waals surface area contributed by atoms with Gasteiger partial charge in [0.25, 0.3) is 0 Å². The molecule has 1 aromatic rings. The lowest BCUT2D eigenvalue weighted by Gasteiger charge is -2.27. The van der Waals surface area contributed by atoms with Crippen LogP contribution in [0.4, 0.5) is 11.9 Å². The smallest absolute Gasteiger partial charge is 0.231 e. The number of rotatable bonds is 3. The third kappa shape index (κ3) is 2.49. The molecule has 0 bridgehead atoms. The quantitative estimate of drug-likeness (QED) is 0.815. The van der Waals surface area contributed by atoms with Crippen LogP contribution in [0.15, 0.2) is 0 Å². The molecule has 0 atom stereocenters. The molecule has 1 aliphatic carbocycles. The third-order valence-corrected chi connectivity index (χ3v) is 3.46. The predicted octanol–water partition coefficient (Wildman–Crippen LogP) is 0.960. The van der Waals surface area contributed by atoms with Crippen LogP contribution in [0, 0.1) is 0 Å². The van der Waals surface area contributed by atoms with Crippen LogP contribution in [-0.4, -0.2) is 54.3 Å². The topological polar surface area (TPSA) is 54.4 Å². The van der Waals surface area contributed by atoms with Gasteiger partial charge in [-0.3, -0.25) is 0 Å². The Hall–Kier alpha value is -1.14. The average molecular weight is 270 g/mol. The van der Waals surface area contributed by atoms with Crippen molar-refractivity contribution in [1.29, 1.82) is 0 Å². The lowest BCUT2D eigenvalue weighted by molar-refractivity contribution is 0.122. The minimum atomic E-state index is 0.258. The van der Waals surface area contributed by atoms with Crippen molar-refractivity contribution in [3.63, 3.8) is 0 Å². The Balaban J connectivity index is 1.84. The van der Waals surface area contributed by atoms with Crippen LogP contribution in [0.5, 0.6) is 0 Å². The Morgan fingerprint density at radius 2 is 1.94 bits per heavy atom. The minimum absolute atomic E-state index is 0.258. The normalized spacial score (nSPS) is 20.0. The Bertz CT molecular complexity index is 433. The van der Waals surface area contributed by atoms with Gasteiger partial charge >= 0.3 is 0 Å². The molecule has 0 N–H and O–H groups in total. The first-order chi connectivity index (χ1) is 8.74. The largest absolute Gasteiger partial charge is 0.378 e. The molecule has 0 unspecified atom stereocenters. The van der Waals surface area contributed by atoms with Gasteiger partial charge in [-0.05, 0) is 24.4 Å². The van der Waals surface area contributed by atoms with Crippen molar-refractivity contribution >= 4 is 23.5 Å². The second kappa shape index (κ2) is 4.85. The van der Waals surface area contributed by atoms with E-state index in [0.29, 0.717) is 31.2 Å². The summed E-state index contributed by atoms with van der Waals surface area (Å²) in [4.78, 5) is 17.1. The van der Waals surface area contributed by atoms with E-state index in [4.69, 9.17) is 16.3 Å². The van der Waals surface area contributed by atoms with Crippen molar-refractivity contribution in [1.82, 2.24) is 15.0 Å². The van der Waals surface area contributed by atoms with Crippen LogP contribution in [0.1, 0.15) is 12.8 Å². The summed E-state index contributed by atoms with van der Waals surface area (Å²) in [5, 5.41) is 0.258. The van der Waals surface area contributed by atoms with Crippen LogP contribution < -0.4 is 9.80 Å².